The summed E-state index contributed by atoms with van der Waals surface area (Å²) in [4.78, 5) is 0. The van der Waals surface area contributed by atoms with E-state index in [1.54, 1.807) is 11.3 Å². The third-order valence-electron chi connectivity index (χ3n) is 1.84. The van der Waals surface area contributed by atoms with Crippen LogP contribution in [-0.4, -0.2) is 12.6 Å². The number of nitrogens with one attached hydrogen (secondary N) is 1. The first kappa shape index (κ1) is 9.71. The zero-order valence-electron chi connectivity index (χ0n) is 7.42. The molecule has 0 saturated heterocycles. The maximum Gasteiger partial charge on any atom is 0.0214 e. The Bertz CT molecular complexity index is 196. The van der Waals surface area contributed by atoms with Gasteiger partial charge in [0.05, 0.1) is 0 Å². The van der Waals surface area contributed by atoms with Gasteiger partial charge in [0, 0.05) is 19.1 Å². The topological polar surface area (TPSA) is 38.0 Å². The van der Waals surface area contributed by atoms with Gasteiger partial charge in [0.25, 0.3) is 0 Å². The molecular formula is C9H16N2S. The van der Waals surface area contributed by atoms with E-state index in [9.17, 15) is 0 Å². The fourth-order valence-corrected chi connectivity index (χ4v) is 1.61. The predicted molar refractivity (Wildman–Crippen MR) is 54.3 cm³/mol. The minimum atomic E-state index is 0.295. The van der Waals surface area contributed by atoms with E-state index in [0.717, 1.165) is 19.5 Å². The van der Waals surface area contributed by atoms with Crippen LogP contribution in [0.1, 0.15) is 18.9 Å². The van der Waals surface area contributed by atoms with Crippen molar-refractivity contribution in [2.45, 2.75) is 25.9 Å². The second kappa shape index (κ2) is 5.30. The minimum Gasteiger partial charge on any atom is -0.327 e. The molecule has 0 aromatic carbocycles. The first-order valence-electron chi connectivity index (χ1n) is 4.30. The summed E-state index contributed by atoms with van der Waals surface area (Å²) in [6, 6.07) is 2.43. The molecule has 0 aliphatic rings. The zero-order chi connectivity index (χ0) is 8.81. The summed E-state index contributed by atoms with van der Waals surface area (Å²) >= 11 is 1.73. The number of rotatable bonds is 5. The van der Waals surface area contributed by atoms with Crippen LogP contribution in [0.5, 0.6) is 0 Å². The van der Waals surface area contributed by atoms with Crippen molar-refractivity contribution >= 4 is 11.3 Å². The smallest absolute Gasteiger partial charge is 0.0214 e. The molecule has 0 spiro atoms. The van der Waals surface area contributed by atoms with Crippen molar-refractivity contribution in [2.75, 3.05) is 6.54 Å². The number of hydrogen-bond donors (Lipinski definition) is 2. The van der Waals surface area contributed by atoms with Crippen LogP contribution in [0.4, 0.5) is 0 Å². The molecule has 1 rings (SSSR count). The van der Waals surface area contributed by atoms with E-state index in [-0.39, 0.29) is 0 Å². The van der Waals surface area contributed by atoms with Crippen LogP contribution < -0.4 is 11.1 Å². The van der Waals surface area contributed by atoms with E-state index in [1.807, 2.05) is 0 Å². The molecule has 68 valence electrons. The number of thiophene rings is 1. The summed E-state index contributed by atoms with van der Waals surface area (Å²) in [5, 5.41) is 7.57. The van der Waals surface area contributed by atoms with Gasteiger partial charge in [0.1, 0.15) is 0 Å². The molecule has 1 heterocycles. The van der Waals surface area contributed by atoms with Crippen LogP contribution in [0, 0.1) is 0 Å². The molecule has 3 N–H and O–H groups in total. The molecule has 1 aromatic heterocycles. The van der Waals surface area contributed by atoms with Gasteiger partial charge in [-0.3, -0.25) is 0 Å². The van der Waals surface area contributed by atoms with E-state index < -0.39 is 0 Å². The fraction of sp³-hybridized carbons (Fsp3) is 0.556. The summed E-state index contributed by atoms with van der Waals surface area (Å²) in [5.41, 5.74) is 7.10. The van der Waals surface area contributed by atoms with Crippen molar-refractivity contribution in [3.05, 3.63) is 22.4 Å². The molecule has 1 atom stereocenters. The lowest BCUT2D eigenvalue weighted by Gasteiger charge is -2.08. The lowest BCUT2D eigenvalue weighted by Crippen LogP contribution is -2.32. The molecule has 0 radical (unpaired) electrons. The molecule has 3 heteroatoms. The Balaban J connectivity index is 2.11. The van der Waals surface area contributed by atoms with Crippen LogP contribution in [0.25, 0.3) is 0 Å². The van der Waals surface area contributed by atoms with Gasteiger partial charge in [-0.15, -0.1) is 0 Å². The number of nitrogens with two attached hydrogens (primary N) is 1. The van der Waals surface area contributed by atoms with Gasteiger partial charge >= 0.3 is 0 Å². The molecule has 1 aromatic rings. The van der Waals surface area contributed by atoms with Gasteiger partial charge in [-0.1, -0.05) is 6.92 Å². The summed E-state index contributed by atoms with van der Waals surface area (Å²) < 4.78 is 0. The predicted octanol–water partition coefficient (Wildman–Crippen LogP) is 1.57. The average molecular weight is 184 g/mol. The van der Waals surface area contributed by atoms with Crippen molar-refractivity contribution in [1.29, 1.82) is 0 Å². The Labute approximate surface area is 77.8 Å². The molecule has 0 bridgehead atoms. The quantitative estimate of drug-likeness (QED) is 0.729. The summed E-state index contributed by atoms with van der Waals surface area (Å²) in [5.74, 6) is 0. The Morgan fingerprint density at radius 1 is 1.67 bits per heavy atom. The van der Waals surface area contributed by atoms with E-state index in [4.69, 9.17) is 5.73 Å². The van der Waals surface area contributed by atoms with E-state index >= 15 is 0 Å². The van der Waals surface area contributed by atoms with Crippen LogP contribution in [-0.2, 0) is 6.54 Å². The highest BCUT2D eigenvalue weighted by molar-refractivity contribution is 7.07. The van der Waals surface area contributed by atoms with Crippen molar-refractivity contribution in [2.24, 2.45) is 5.73 Å². The van der Waals surface area contributed by atoms with Crippen LogP contribution >= 0.6 is 11.3 Å². The summed E-state index contributed by atoms with van der Waals surface area (Å²) in [7, 11) is 0. The molecular weight excluding hydrogens is 168 g/mol. The lowest BCUT2D eigenvalue weighted by atomic mass is 10.2. The van der Waals surface area contributed by atoms with Gasteiger partial charge in [-0.25, -0.2) is 0 Å². The molecule has 12 heavy (non-hydrogen) atoms. The Hall–Kier alpha value is -0.380. The van der Waals surface area contributed by atoms with Crippen molar-refractivity contribution in [3.8, 4) is 0 Å². The molecule has 0 aliphatic carbocycles. The zero-order valence-corrected chi connectivity index (χ0v) is 8.23. The monoisotopic (exact) mass is 184 g/mol. The van der Waals surface area contributed by atoms with Crippen LogP contribution in [0.3, 0.4) is 0 Å². The van der Waals surface area contributed by atoms with Gasteiger partial charge in [-0.05, 0) is 28.8 Å². The third kappa shape index (κ3) is 3.34. The van der Waals surface area contributed by atoms with E-state index in [0.29, 0.717) is 6.04 Å². The minimum absolute atomic E-state index is 0.295. The molecule has 2 nitrogen and oxygen atoms in total. The molecule has 0 fully saturated rings. The Morgan fingerprint density at radius 2 is 2.50 bits per heavy atom. The molecule has 0 aliphatic heterocycles. The average Bonchev–Trinajstić information content (AvgIpc) is 2.57. The fourth-order valence-electron chi connectivity index (χ4n) is 0.939. The highest BCUT2D eigenvalue weighted by Crippen LogP contribution is 2.04. The SMILES string of the molecule is CCC(N)CNCc1ccsc1. The second-order valence-corrected chi connectivity index (χ2v) is 3.71. The van der Waals surface area contributed by atoms with E-state index in [1.165, 1.54) is 5.56 Å². The normalized spacial score (nSPS) is 13.2. The molecule has 1 unspecified atom stereocenters. The summed E-state index contributed by atoms with van der Waals surface area (Å²) in [6.07, 6.45) is 1.04. The Kier molecular flexibility index (Phi) is 4.29. The largest absolute Gasteiger partial charge is 0.327 e. The van der Waals surface area contributed by atoms with E-state index in [2.05, 4.69) is 29.1 Å². The van der Waals surface area contributed by atoms with Gasteiger partial charge in [-0.2, -0.15) is 11.3 Å². The third-order valence-corrected chi connectivity index (χ3v) is 2.57. The number of hydrogen-bond acceptors (Lipinski definition) is 3. The standard InChI is InChI=1S/C9H16N2S/c1-2-9(10)6-11-5-8-3-4-12-7-8/h3-4,7,9,11H,2,5-6,10H2,1H3. The summed E-state index contributed by atoms with van der Waals surface area (Å²) in [6.45, 7) is 3.96. The highest BCUT2D eigenvalue weighted by Gasteiger charge is 1.97. The highest BCUT2D eigenvalue weighted by atomic mass is 32.1. The van der Waals surface area contributed by atoms with Gasteiger partial charge < -0.3 is 11.1 Å². The van der Waals surface area contributed by atoms with Gasteiger partial charge in [0.15, 0.2) is 0 Å². The van der Waals surface area contributed by atoms with Crippen molar-refractivity contribution in [1.82, 2.24) is 5.32 Å². The van der Waals surface area contributed by atoms with Crippen molar-refractivity contribution < 1.29 is 0 Å². The lowest BCUT2D eigenvalue weighted by molar-refractivity contribution is 0.564. The second-order valence-electron chi connectivity index (χ2n) is 2.93. The molecule has 0 saturated carbocycles. The first-order valence-corrected chi connectivity index (χ1v) is 5.24. The molecule has 0 amide bonds. The van der Waals surface area contributed by atoms with Gasteiger partial charge in [0.2, 0.25) is 0 Å². The van der Waals surface area contributed by atoms with Crippen LogP contribution in [0.2, 0.25) is 0 Å². The van der Waals surface area contributed by atoms with Crippen molar-refractivity contribution in [3.63, 3.8) is 0 Å². The van der Waals surface area contributed by atoms with Crippen LogP contribution in [0.15, 0.2) is 16.8 Å². The Morgan fingerprint density at radius 3 is 3.08 bits per heavy atom. The first-order chi connectivity index (χ1) is 5.83. The maximum absolute atomic E-state index is 5.75. The maximum atomic E-state index is 5.75.